The number of amides is 3. The molecule has 1 aromatic heterocycles. The summed E-state index contributed by atoms with van der Waals surface area (Å²) >= 11 is 0. The fourth-order valence-corrected chi connectivity index (χ4v) is 1.76. The summed E-state index contributed by atoms with van der Waals surface area (Å²) in [5.74, 6) is -1.99. The van der Waals surface area contributed by atoms with E-state index in [1.54, 1.807) is 30.3 Å². The van der Waals surface area contributed by atoms with Crippen molar-refractivity contribution in [2.75, 3.05) is 0 Å². The predicted octanol–water partition coefficient (Wildman–Crippen LogP) is -0.162. The van der Waals surface area contributed by atoms with Gasteiger partial charge in [0.2, 0.25) is 5.91 Å². The molecule has 2 rings (SSSR count). The van der Waals surface area contributed by atoms with Gasteiger partial charge in [-0.2, -0.15) is 0 Å². The van der Waals surface area contributed by atoms with Crippen molar-refractivity contribution in [1.82, 2.24) is 20.3 Å². The number of nitrogens with one attached hydrogen (secondary N) is 1. The summed E-state index contributed by atoms with van der Waals surface area (Å²) in [6, 6.07) is 7.50. The van der Waals surface area contributed by atoms with Gasteiger partial charge in [0.05, 0.1) is 0 Å². The molecule has 0 atom stereocenters. The number of primary amides is 1. The Morgan fingerprint density at radius 1 is 1.24 bits per heavy atom. The van der Waals surface area contributed by atoms with Crippen LogP contribution < -0.4 is 11.1 Å². The van der Waals surface area contributed by atoms with Gasteiger partial charge in [-0.25, -0.2) is 14.3 Å². The van der Waals surface area contributed by atoms with E-state index in [-0.39, 0.29) is 17.9 Å². The van der Waals surface area contributed by atoms with Gasteiger partial charge in [0.1, 0.15) is 12.2 Å². The summed E-state index contributed by atoms with van der Waals surface area (Å²) in [5.41, 5.74) is 5.26. The van der Waals surface area contributed by atoms with Crippen LogP contribution in [-0.2, 0) is 11.3 Å². The van der Waals surface area contributed by atoms with Crippen LogP contribution in [0.3, 0.4) is 0 Å². The first-order valence-corrected chi connectivity index (χ1v) is 5.80. The van der Waals surface area contributed by atoms with E-state index in [1.165, 1.54) is 0 Å². The highest BCUT2D eigenvalue weighted by atomic mass is 16.4. The number of nitrogens with two attached hydrogens (primary N) is 1. The molecule has 1 heterocycles. The van der Waals surface area contributed by atoms with E-state index in [0.717, 1.165) is 4.68 Å². The van der Waals surface area contributed by atoms with Crippen molar-refractivity contribution >= 4 is 17.9 Å². The van der Waals surface area contributed by atoms with Gasteiger partial charge in [0, 0.05) is 5.56 Å². The number of imide groups is 1. The Morgan fingerprint density at radius 3 is 2.48 bits per heavy atom. The van der Waals surface area contributed by atoms with E-state index in [2.05, 4.69) is 10.3 Å². The molecule has 0 aliphatic carbocycles. The lowest BCUT2D eigenvalue weighted by Crippen LogP contribution is -2.37. The molecule has 9 heteroatoms. The number of urea groups is 1. The number of nitrogens with zero attached hydrogens (tertiary/aromatic N) is 3. The second kappa shape index (κ2) is 5.82. The fraction of sp³-hybridized carbons (Fsp3) is 0.0833. The molecule has 1 aromatic carbocycles. The lowest BCUT2D eigenvalue weighted by Gasteiger charge is -2.06. The SMILES string of the molecule is NC(=O)NC(=O)Cn1nnc(C(=O)O)c1-c1ccccc1. The molecule has 0 bridgehead atoms. The number of hydrogen-bond acceptors (Lipinski definition) is 5. The average molecular weight is 289 g/mol. The second-order valence-electron chi connectivity index (χ2n) is 4.03. The van der Waals surface area contributed by atoms with Crippen LogP contribution in [0.5, 0.6) is 0 Å². The third-order valence-electron chi connectivity index (χ3n) is 2.54. The van der Waals surface area contributed by atoms with Crippen LogP contribution >= 0.6 is 0 Å². The zero-order valence-corrected chi connectivity index (χ0v) is 10.7. The Bertz CT molecular complexity index is 695. The quantitative estimate of drug-likeness (QED) is 0.714. The Kier molecular flexibility index (Phi) is 3.93. The smallest absolute Gasteiger partial charge is 0.358 e. The normalized spacial score (nSPS) is 10.1. The van der Waals surface area contributed by atoms with Crippen molar-refractivity contribution in [1.29, 1.82) is 0 Å². The molecule has 2 aromatic rings. The Morgan fingerprint density at radius 2 is 1.90 bits per heavy atom. The lowest BCUT2D eigenvalue weighted by molar-refractivity contribution is -0.120. The molecule has 21 heavy (non-hydrogen) atoms. The number of rotatable bonds is 4. The molecule has 0 unspecified atom stereocenters. The van der Waals surface area contributed by atoms with Gasteiger partial charge < -0.3 is 10.8 Å². The van der Waals surface area contributed by atoms with Gasteiger partial charge in [-0.3, -0.25) is 10.1 Å². The molecule has 4 N–H and O–H groups in total. The minimum atomic E-state index is -1.27. The van der Waals surface area contributed by atoms with Gasteiger partial charge in [0.25, 0.3) is 0 Å². The maximum atomic E-state index is 11.5. The Balaban J connectivity index is 2.41. The zero-order valence-electron chi connectivity index (χ0n) is 10.7. The lowest BCUT2D eigenvalue weighted by atomic mass is 10.1. The largest absolute Gasteiger partial charge is 0.476 e. The molecule has 0 spiro atoms. The summed E-state index contributed by atoms with van der Waals surface area (Å²) < 4.78 is 1.09. The molecule has 0 radical (unpaired) electrons. The summed E-state index contributed by atoms with van der Waals surface area (Å²) in [7, 11) is 0. The minimum absolute atomic E-state index is 0.169. The standard InChI is InChI=1S/C12H11N5O4/c13-12(21)14-8(18)6-17-10(7-4-2-1-3-5-7)9(11(19)20)15-16-17/h1-5H,6H2,(H,19,20)(H3,13,14,18,21). The van der Waals surface area contributed by atoms with Gasteiger partial charge in [-0.05, 0) is 0 Å². The van der Waals surface area contributed by atoms with Crippen LogP contribution in [0.2, 0.25) is 0 Å². The summed E-state index contributed by atoms with van der Waals surface area (Å²) in [6.07, 6.45) is 0. The number of hydrogen-bond donors (Lipinski definition) is 3. The van der Waals surface area contributed by atoms with Crippen LogP contribution in [0.1, 0.15) is 10.5 Å². The van der Waals surface area contributed by atoms with E-state index in [4.69, 9.17) is 10.8 Å². The first-order chi connectivity index (χ1) is 9.99. The molecular weight excluding hydrogens is 278 g/mol. The van der Waals surface area contributed by atoms with Crippen molar-refractivity contribution in [3.05, 3.63) is 36.0 Å². The fourth-order valence-electron chi connectivity index (χ4n) is 1.76. The first kappa shape index (κ1) is 14.2. The van der Waals surface area contributed by atoms with E-state index < -0.39 is 17.9 Å². The van der Waals surface area contributed by atoms with Crippen LogP contribution in [0, 0.1) is 0 Å². The molecule has 0 aliphatic heterocycles. The number of carbonyl (C=O) groups is 3. The Hall–Kier alpha value is -3.23. The summed E-state index contributed by atoms with van der Waals surface area (Å²) in [6.45, 7) is -0.382. The topological polar surface area (TPSA) is 140 Å². The number of benzene rings is 1. The third-order valence-corrected chi connectivity index (χ3v) is 2.54. The number of aromatic nitrogens is 3. The monoisotopic (exact) mass is 289 g/mol. The van der Waals surface area contributed by atoms with E-state index >= 15 is 0 Å². The van der Waals surface area contributed by atoms with Gasteiger partial charge in [-0.15, -0.1) is 5.10 Å². The van der Waals surface area contributed by atoms with Crippen molar-refractivity contribution in [3.8, 4) is 11.3 Å². The minimum Gasteiger partial charge on any atom is -0.476 e. The molecular formula is C12H11N5O4. The number of carboxylic acids is 1. The van der Waals surface area contributed by atoms with Crippen molar-refractivity contribution < 1.29 is 19.5 Å². The average Bonchev–Trinajstić information content (AvgIpc) is 2.82. The van der Waals surface area contributed by atoms with Gasteiger partial charge in [-0.1, -0.05) is 35.5 Å². The maximum Gasteiger partial charge on any atom is 0.358 e. The first-order valence-electron chi connectivity index (χ1n) is 5.80. The zero-order chi connectivity index (χ0) is 15.4. The molecule has 0 saturated carbocycles. The molecule has 108 valence electrons. The number of carboxylic acid groups (broad SMARTS) is 1. The third kappa shape index (κ3) is 3.21. The molecule has 0 aliphatic rings. The van der Waals surface area contributed by atoms with Crippen molar-refractivity contribution in [2.45, 2.75) is 6.54 Å². The van der Waals surface area contributed by atoms with E-state index in [1.807, 2.05) is 5.32 Å². The predicted molar refractivity (Wildman–Crippen MR) is 70.1 cm³/mol. The van der Waals surface area contributed by atoms with Gasteiger partial charge in [0.15, 0.2) is 5.69 Å². The van der Waals surface area contributed by atoms with Crippen LogP contribution in [0.25, 0.3) is 11.3 Å². The number of aromatic carboxylic acids is 1. The van der Waals surface area contributed by atoms with Crippen LogP contribution in [0.4, 0.5) is 4.79 Å². The highest BCUT2D eigenvalue weighted by Gasteiger charge is 2.21. The summed E-state index contributed by atoms with van der Waals surface area (Å²) in [5, 5.41) is 18.2. The molecule has 9 nitrogen and oxygen atoms in total. The number of carbonyl (C=O) groups excluding carboxylic acids is 2. The molecule has 0 fully saturated rings. The molecule has 0 saturated heterocycles. The molecule has 3 amide bonds. The van der Waals surface area contributed by atoms with E-state index in [0.29, 0.717) is 5.56 Å². The highest BCUT2D eigenvalue weighted by molar-refractivity contribution is 5.95. The highest BCUT2D eigenvalue weighted by Crippen LogP contribution is 2.21. The van der Waals surface area contributed by atoms with E-state index in [9.17, 15) is 14.4 Å². The summed E-state index contributed by atoms with van der Waals surface area (Å²) in [4.78, 5) is 33.3. The Labute approximate surface area is 118 Å². The van der Waals surface area contributed by atoms with Crippen molar-refractivity contribution in [3.63, 3.8) is 0 Å². The van der Waals surface area contributed by atoms with Gasteiger partial charge >= 0.3 is 12.0 Å². The second-order valence-corrected chi connectivity index (χ2v) is 4.03. The van der Waals surface area contributed by atoms with Crippen LogP contribution in [-0.4, -0.2) is 38.0 Å². The van der Waals surface area contributed by atoms with Crippen molar-refractivity contribution in [2.24, 2.45) is 5.73 Å². The maximum absolute atomic E-state index is 11.5. The van der Waals surface area contributed by atoms with Crippen LogP contribution in [0.15, 0.2) is 30.3 Å².